The highest BCUT2D eigenvalue weighted by Crippen LogP contribution is 2.21. The van der Waals surface area contributed by atoms with E-state index in [2.05, 4.69) is 20.5 Å². The van der Waals surface area contributed by atoms with Gasteiger partial charge in [-0.1, -0.05) is 18.2 Å². The summed E-state index contributed by atoms with van der Waals surface area (Å²) in [5, 5.41) is 17.2. The van der Waals surface area contributed by atoms with Gasteiger partial charge in [0.05, 0.1) is 19.8 Å². The predicted molar refractivity (Wildman–Crippen MR) is 134 cm³/mol. The number of anilines is 1. The molecule has 2 aromatic rings. The predicted octanol–water partition coefficient (Wildman–Crippen LogP) is 3.71. The van der Waals surface area contributed by atoms with Crippen LogP contribution in [0.1, 0.15) is 31.4 Å². The van der Waals surface area contributed by atoms with Gasteiger partial charge in [0.1, 0.15) is 11.6 Å². The van der Waals surface area contributed by atoms with Gasteiger partial charge in [-0.15, -0.1) is 24.0 Å². The highest BCUT2D eigenvalue weighted by molar-refractivity contribution is 14.0. The number of hydrogen-bond acceptors (Lipinski definition) is 4. The van der Waals surface area contributed by atoms with E-state index in [1.807, 2.05) is 37.3 Å². The Bertz CT molecular complexity index is 827. The standard InChI is InChI=1S/C23H31FN4O2.HI/c1-3-25-23(26-16-22(29)17-7-9-21(30-2)10-8-17)27-19-11-13-28(14-12-19)20-6-4-5-18(24)15-20;/h4-10,15,19,22,29H,3,11-14,16H2,1-2H3,(H2,25,26,27);1H. The van der Waals surface area contributed by atoms with Crippen LogP contribution < -0.4 is 20.3 Å². The molecule has 0 radical (unpaired) electrons. The molecular weight excluding hydrogens is 510 g/mol. The third kappa shape index (κ3) is 7.53. The Morgan fingerprint density at radius 1 is 1.23 bits per heavy atom. The molecule has 0 bridgehead atoms. The highest BCUT2D eigenvalue weighted by atomic mass is 127. The molecule has 0 amide bonds. The lowest BCUT2D eigenvalue weighted by molar-refractivity contribution is 0.187. The molecule has 1 unspecified atom stereocenters. The van der Waals surface area contributed by atoms with Crippen molar-refractivity contribution in [2.24, 2.45) is 4.99 Å². The molecular formula is C23H32FIN4O2. The van der Waals surface area contributed by atoms with E-state index >= 15 is 0 Å². The van der Waals surface area contributed by atoms with Crippen LogP contribution in [0.25, 0.3) is 0 Å². The third-order valence-electron chi connectivity index (χ3n) is 5.28. The van der Waals surface area contributed by atoms with Gasteiger partial charge in [-0.25, -0.2) is 4.39 Å². The van der Waals surface area contributed by atoms with E-state index in [0.29, 0.717) is 5.96 Å². The summed E-state index contributed by atoms with van der Waals surface area (Å²) in [5.74, 6) is 1.26. The molecule has 1 aliphatic rings. The van der Waals surface area contributed by atoms with Crippen molar-refractivity contribution in [1.82, 2.24) is 10.6 Å². The second kappa shape index (κ2) is 12.7. The number of nitrogens with one attached hydrogen (secondary N) is 2. The van der Waals surface area contributed by atoms with Crippen LogP contribution in [0.3, 0.4) is 0 Å². The largest absolute Gasteiger partial charge is 0.497 e. The maximum Gasteiger partial charge on any atom is 0.191 e. The van der Waals surface area contributed by atoms with Crippen molar-refractivity contribution in [1.29, 1.82) is 0 Å². The summed E-state index contributed by atoms with van der Waals surface area (Å²) >= 11 is 0. The molecule has 31 heavy (non-hydrogen) atoms. The Labute approximate surface area is 200 Å². The van der Waals surface area contributed by atoms with Crippen molar-refractivity contribution in [2.45, 2.75) is 31.9 Å². The molecule has 1 saturated heterocycles. The van der Waals surface area contributed by atoms with Gasteiger partial charge in [0.25, 0.3) is 0 Å². The zero-order valence-electron chi connectivity index (χ0n) is 18.1. The van der Waals surface area contributed by atoms with Crippen LogP contribution in [-0.2, 0) is 0 Å². The number of aliphatic hydroxyl groups excluding tert-OH is 1. The summed E-state index contributed by atoms with van der Waals surface area (Å²) in [6.45, 7) is 4.74. The van der Waals surface area contributed by atoms with Gasteiger partial charge >= 0.3 is 0 Å². The van der Waals surface area contributed by atoms with E-state index in [1.165, 1.54) is 6.07 Å². The van der Waals surface area contributed by atoms with Crippen LogP contribution in [0.15, 0.2) is 53.5 Å². The summed E-state index contributed by atoms with van der Waals surface area (Å²) in [4.78, 5) is 6.77. The van der Waals surface area contributed by atoms with Crippen molar-refractivity contribution in [2.75, 3.05) is 38.2 Å². The molecule has 0 saturated carbocycles. The first-order valence-corrected chi connectivity index (χ1v) is 10.5. The maximum absolute atomic E-state index is 13.5. The lowest BCUT2D eigenvalue weighted by atomic mass is 10.0. The van der Waals surface area contributed by atoms with E-state index < -0.39 is 6.10 Å². The third-order valence-corrected chi connectivity index (χ3v) is 5.28. The SMILES string of the molecule is CCNC(=NCC(O)c1ccc(OC)cc1)NC1CCN(c2cccc(F)c2)CC1.I. The smallest absolute Gasteiger partial charge is 0.191 e. The van der Waals surface area contributed by atoms with Gasteiger partial charge in [-0.3, -0.25) is 4.99 Å². The van der Waals surface area contributed by atoms with Crippen LogP contribution in [0, 0.1) is 5.82 Å². The summed E-state index contributed by atoms with van der Waals surface area (Å²) in [7, 11) is 1.62. The number of ether oxygens (including phenoxy) is 1. The van der Waals surface area contributed by atoms with E-state index in [4.69, 9.17) is 4.74 Å². The van der Waals surface area contributed by atoms with Crippen LogP contribution in [0.4, 0.5) is 10.1 Å². The van der Waals surface area contributed by atoms with Crippen molar-refractivity contribution in [3.8, 4) is 5.75 Å². The van der Waals surface area contributed by atoms with Crippen LogP contribution in [0.5, 0.6) is 5.75 Å². The van der Waals surface area contributed by atoms with Crippen molar-refractivity contribution < 1.29 is 14.2 Å². The summed E-state index contributed by atoms with van der Waals surface area (Å²) < 4.78 is 18.6. The number of guanidine groups is 1. The number of aliphatic hydroxyl groups is 1. The molecule has 1 atom stereocenters. The van der Waals surface area contributed by atoms with Gasteiger partial charge < -0.3 is 25.4 Å². The summed E-state index contributed by atoms with van der Waals surface area (Å²) in [6.07, 6.45) is 1.19. The Hall–Kier alpha value is -2.07. The molecule has 8 heteroatoms. The first kappa shape index (κ1) is 25.2. The number of piperidine rings is 1. The Balaban J connectivity index is 0.00000341. The minimum atomic E-state index is -0.679. The van der Waals surface area contributed by atoms with E-state index in [9.17, 15) is 9.50 Å². The topological polar surface area (TPSA) is 69.1 Å². The van der Waals surface area contributed by atoms with Gasteiger partial charge in [0.2, 0.25) is 0 Å². The van der Waals surface area contributed by atoms with Crippen LogP contribution >= 0.6 is 24.0 Å². The monoisotopic (exact) mass is 542 g/mol. The average Bonchev–Trinajstić information content (AvgIpc) is 2.78. The Morgan fingerprint density at radius 2 is 1.94 bits per heavy atom. The lowest BCUT2D eigenvalue weighted by Crippen LogP contribution is -2.48. The molecule has 3 N–H and O–H groups in total. The van der Waals surface area contributed by atoms with Gasteiger partial charge in [-0.2, -0.15) is 0 Å². The quantitative estimate of drug-likeness (QED) is 0.283. The fourth-order valence-electron chi connectivity index (χ4n) is 3.58. The van der Waals surface area contributed by atoms with E-state index in [1.54, 1.807) is 19.2 Å². The van der Waals surface area contributed by atoms with Crippen LogP contribution in [-0.4, -0.2) is 50.4 Å². The zero-order valence-corrected chi connectivity index (χ0v) is 20.4. The molecule has 6 nitrogen and oxygen atoms in total. The average molecular weight is 542 g/mol. The Kier molecular flexibility index (Phi) is 10.3. The molecule has 0 aliphatic carbocycles. The molecule has 1 heterocycles. The van der Waals surface area contributed by atoms with Gasteiger partial charge in [0.15, 0.2) is 5.96 Å². The number of hydrogen-bond donors (Lipinski definition) is 3. The van der Waals surface area contributed by atoms with Crippen molar-refractivity contribution >= 4 is 35.6 Å². The number of benzene rings is 2. The maximum atomic E-state index is 13.5. The molecule has 1 fully saturated rings. The molecule has 3 rings (SSSR count). The van der Waals surface area contributed by atoms with Crippen molar-refractivity contribution in [3.63, 3.8) is 0 Å². The van der Waals surface area contributed by atoms with Gasteiger partial charge in [0, 0.05) is 31.4 Å². The number of aliphatic imine (C=N–C) groups is 1. The molecule has 170 valence electrons. The molecule has 0 spiro atoms. The van der Waals surface area contributed by atoms with Crippen LogP contribution in [0.2, 0.25) is 0 Å². The molecule has 0 aromatic heterocycles. The number of halogens is 2. The zero-order chi connectivity index (χ0) is 21.3. The van der Waals surface area contributed by atoms with Crippen molar-refractivity contribution in [3.05, 3.63) is 59.9 Å². The molecule has 1 aliphatic heterocycles. The lowest BCUT2D eigenvalue weighted by Gasteiger charge is -2.34. The summed E-state index contributed by atoms with van der Waals surface area (Å²) in [6, 6.07) is 14.4. The second-order valence-corrected chi connectivity index (χ2v) is 7.39. The first-order chi connectivity index (χ1) is 14.6. The highest BCUT2D eigenvalue weighted by Gasteiger charge is 2.20. The Morgan fingerprint density at radius 3 is 2.55 bits per heavy atom. The second-order valence-electron chi connectivity index (χ2n) is 7.39. The summed E-state index contributed by atoms with van der Waals surface area (Å²) in [5.41, 5.74) is 1.73. The van der Waals surface area contributed by atoms with E-state index in [-0.39, 0.29) is 42.4 Å². The normalized spacial score (nSPS) is 15.7. The minimum absolute atomic E-state index is 0. The van der Waals surface area contributed by atoms with E-state index in [0.717, 1.165) is 49.5 Å². The number of rotatable bonds is 7. The fourth-order valence-corrected chi connectivity index (χ4v) is 3.58. The van der Waals surface area contributed by atoms with Gasteiger partial charge in [-0.05, 0) is 55.7 Å². The number of methoxy groups -OCH3 is 1. The minimum Gasteiger partial charge on any atom is -0.497 e. The molecule has 2 aromatic carbocycles. The number of nitrogens with zero attached hydrogens (tertiary/aromatic N) is 2. The first-order valence-electron chi connectivity index (χ1n) is 10.5. The fraction of sp³-hybridized carbons (Fsp3) is 0.435.